The summed E-state index contributed by atoms with van der Waals surface area (Å²) >= 11 is 1.54. The molecule has 36 heavy (non-hydrogen) atoms. The number of fused-ring (bicyclic) bond motifs is 1. The normalized spacial score (nSPS) is 21.1. The Morgan fingerprint density at radius 1 is 1.11 bits per heavy atom. The summed E-state index contributed by atoms with van der Waals surface area (Å²) in [5.41, 5.74) is 3.56. The highest BCUT2D eigenvalue weighted by atomic mass is 32.1. The fourth-order valence-electron chi connectivity index (χ4n) is 4.90. The minimum absolute atomic E-state index is 0.0204. The van der Waals surface area contributed by atoms with Gasteiger partial charge in [0.1, 0.15) is 11.5 Å². The number of anilines is 2. The standard InChI is InChI=1S/C27H31N5O3S/c1-15-2-9-19(10-3-15)32-22(33)14-29-27(32)30-18-8-11-21-20(12-18)23(25(35)28-13-16-4-5-16)26(36-21)31-24(34)17-6-7-17/h2-3,9-10,16-18H,4-8,11-14H2,1H3,(H,28,35)(H,29,30)(H,31,34). The quantitative estimate of drug-likeness (QED) is 0.537. The van der Waals surface area contributed by atoms with Crippen molar-refractivity contribution in [3.8, 4) is 0 Å². The average molecular weight is 506 g/mol. The topological polar surface area (TPSA) is 103 Å². The van der Waals surface area contributed by atoms with Gasteiger partial charge in [-0.25, -0.2) is 9.89 Å². The van der Waals surface area contributed by atoms with Gasteiger partial charge in [0.2, 0.25) is 11.9 Å². The summed E-state index contributed by atoms with van der Waals surface area (Å²) in [6.45, 7) is 2.83. The zero-order valence-electron chi connectivity index (χ0n) is 20.4. The number of carbonyl (C=O) groups excluding carboxylic acids is 3. The molecule has 0 radical (unpaired) electrons. The van der Waals surface area contributed by atoms with Crippen molar-refractivity contribution in [2.75, 3.05) is 23.3 Å². The summed E-state index contributed by atoms with van der Waals surface area (Å²) in [6, 6.07) is 7.88. The Balaban J connectivity index is 1.22. The predicted molar refractivity (Wildman–Crippen MR) is 141 cm³/mol. The monoisotopic (exact) mass is 505 g/mol. The highest BCUT2D eigenvalue weighted by Gasteiger charge is 2.35. The lowest BCUT2D eigenvalue weighted by Crippen LogP contribution is -2.47. The first kappa shape index (κ1) is 23.2. The van der Waals surface area contributed by atoms with Crippen LogP contribution >= 0.6 is 11.3 Å². The second kappa shape index (κ2) is 9.35. The molecule has 6 rings (SSSR count). The van der Waals surface area contributed by atoms with E-state index in [-0.39, 0.29) is 36.2 Å². The van der Waals surface area contributed by atoms with Crippen molar-refractivity contribution in [1.29, 1.82) is 0 Å². The summed E-state index contributed by atoms with van der Waals surface area (Å²) in [5, 5.41) is 10.3. The van der Waals surface area contributed by atoms with E-state index >= 15 is 0 Å². The molecule has 4 aliphatic rings. The Hall–Kier alpha value is -3.20. The van der Waals surface area contributed by atoms with Crippen LogP contribution in [0.15, 0.2) is 29.3 Å². The van der Waals surface area contributed by atoms with E-state index in [2.05, 4.69) is 20.9 Å². The fraction of sp³-hybridized carbons (Fsp3) is 0.481. The zero-order valence-corrected chi connectivity index (χ0v) is 21.2. The molecule has 2 heterocycles. The lowest BCUT2D eigenvalue weighted by Gasteiger charge is -2.28. The van der Waals surface area contributed by atoms with Crippen LogP contribution in [0, 0.1) is 18.8 Å². The number of thiophene rings is 1. The minimum Gasteiger partial charge on any atom is -0.352 e. The third kappa shape index (κ3) is 4.76. The average Bonchev–Trinajstić information content (AvgIpc) is 3.79. The molecule has 0 bridgehead atoms. The first-order chi connectivity index (χ1) is 17.5. The van der Waals surface area contributed by atoms with Gasteiger partial charge in [-0.1, -0.05) is 17.7 Å². The highest BCUT2D eigenvalue weighted by Crippen LogP contribution is 2.40. The van der Waals surface area contributed by atoms with Crippen molar-refractivity contribution >= 4 is 45.7 Å². The van der Waals surface area contributed by atoms with E-state index in [1.165, 1.54) is 0 Å². The number of nitrogens with zero attached hydrogens (tertiary/aromatic N) is 2. The van der Waals surface area contributed by atoms with Crippen LogP contribution in [0.5, 0.6) is 0 Å². The molecule has 188 valence electrons. The van der Waals surface area contributed by atoms with E-state index < -0.39 is 0 Å². The maximum atomic E-state index is 13.3. The molecule has 3 amide bonds. The van der Waals surface area contributed by atoms with Crippen LogP contribution in [0.25, 0.3) is 0 Å². The Labute approximate surface area is 214 Å². The van der Waals surface area contributed by atoms with E-state index in [9.17, 15) is 14.4 Å². The molecule has 1 aromatic heterocycles. The van der Waals surface area contributed by atoms with Crippen LogP contribution in [0.3, 0.4) is 0 Å². The molecule has 1 aliphatic heterocycles. The number of nitrogens with one attached hydrogen (secondary N) is 3. The molecule has 0 spiro atoms. The first-order valence-corrected chi connectivity index (χ1v) is 13.7. The van der Waals surface area contributed by atoms with Gasteiger partial charge in [-0.2, -0.15) is 0 Å². The number of carbonyl (C=O) groups is 3. The number of aliphatic imine (C=N–C) groups is 1. The molecule has 2 saturated carbocycles. The Morgan fingerprint density at radius 3 is 2.61 bits per heavy atom. The Bertz CT molecular complexity index is 1240. The van der Waals surface area contributed by atoms with Crippen molar-refractivity contribution in [2.24, 2.45) is 16.8 Å². The van der Waals surface area contributed by atoms with Gasteiger partial charge in [0.05, 0.1) is 11.3 Å². The molecule has 2 fully saturated rings. The highest BCUT2D eigenvalue weighted by molar-refractivity contribution is 7.17. The SMILES string of the molecule is Cc1ccc(N2C(=O)CN=C2NC2CCc3sc(NC(=O)C4CC4)c(C(=O)NCC4CC4)c3C2)cc1. The van der Waals surface area contributed by atoms with Crippen LogP contribution in [-0.2, 0) is 22.4 Å². The molecule has 0 saturated heterocycles. The van der Waals surface area contributed by atoms with Gasteiger partial charge in [-0.15, -0.1) is 11.3 Å². The fourth-order valence-corrected chi connectivity index (χ4v) is 6.14. The van der Waals surface area contributed by atoms with Gasteiger partial charge >= 0.3 is 0 Å². The number of benzene rings is 1. The third-order valence-corrected chi connectivity index (χ3v) is 8.58. The van der Waals surface area contributed by atoms with E-state index in [1.807, 2.05) is 31.2 Å². The first-order valence-electron chi connectivity index (χ1n) is 12.9. The molecule has 3 N–H and O–H groups in total. The lowest BCUT2D eigenvalue weighted by molar-refractivity contribution is -0.117. The van der Waals surface area contributed by atoms with Crippen molar-refractivity contribution in [1.82, 2.24) is 10.6 Å². The molecular formula is C27H31N5O3S. The zero-order chi connectivity index (χ0) is 24.8. The number of hydrogen-bond acceptors (Lipinski definition) is 6. The second-order valence-electron chi connectivity index (χ2n) is 10.4. The van der Waals surface area contributed by atoms with Crippen LogP contribution < -0.4 is 20.9 Å². The summed E-state index contributed by atoms with van der Waals surface area (Å²) in [7, 11) is 0. The number of hydrogen-bond donors (Lipinski definition) is 3. The summed E-state index contributed by atoms with van der Waals surface area (Å²) in [4.78, 5) is 45.8. The van der Waals surface area contributed by atoms with Crippen molar-refractivity contribution < 1.29 is 14.4 Å². The van der Waals surface area contributed by atoms with Crippen molar-refractivity contribution in [3.63, 3.8) is 0 Å². The van der Waals surface area contributed by atoms with E-state index in [4.69, 9.17) is 0 Å². The van der Waals surface area contributed by atoms with Crippen LogP contribution in [0.2, 0.25) is 0 Å². The number of amides is 3. The second-order valence-corrected chi connectivity index (χ2v) is 11.5. The van der Waals surface area contributed by atoms with Gasteiger partial charge in [0.25, 0.3) is 11.8 Å². The van der Waals surface area contributed by atoms with E-state index in [0.29, 0.717) is 35.4 Å². The van der Waals surface area contributed by atoms with E-state index in [1.54, 1.807) is 16.2 Å². The molecule has 2 aromatic rings. The molecule has 1 atom stereocenters. The van der Waals surface area contributed by atoms with Gasteiger partial charge in [0, 0.05) is 23.4 Å². The van der Waals surface area contributed by atoms with Crippen molar-refractivity contribution in [2.45, 2.75) is 57.9 Å². The number of rotatable bonds is 7. The largest absolute Gasteiger partial charge is 0.352 e. The van der Waals surface area contributed by atoms with E-state index in [0.717, 1.165) is 60.2 Å². The summed E-state index contributed by atoms with van der Waals surface area (Å²) < 4.78 is 0. The summed E-state index contributed by atoms with van der Waals surface area (Å²) in [6.07, 6.45) is 6.49. The van der Waals surface area contributed by atoms with Gasteiger partial charge in [0.15, 0.2) is 0 Å². The maximum Gasteiger partial charge on any atom is 0.255 e. The summed E-state index contributed by atoms with van der Waals surface area (Å²) in [5.74, 6) is 1.08. The van der Waals surface area contributed by atoms with Gasteiger partial charge in [-0.3, -0.25) is 14.4 Å². The van der Waals surface area contributed by atoms with Crippen LogP contribution in [-0.4, -0.2) is 42.8 Å². The lowest BCUT2D eigenvalue weighted by atomic mass is 9.91. The number of aryl methyl sites for hydroxylation is 2. The maximum absolute atomic E-state index is 13.3. The van der Waals surface area contributed by atoms with Crippen LogP contribution in [0.1, 0.15) is 58.5 Å². The molecule has 3 aliphatic carbocycles. The van der Waals surface area contributed by atoms with Crippen LogP contribution in [0.4, 0.5) is 10.7 Å². The third-order valence-electron chi connectivity index (χ3n) is 7.37. The van der Waals surface area contributed by atoms with Crippen molar-refractivity contribution in [3.05, 3.63) is 45.8 Å². The Kier molecular flexibility index (Phi) is 6.03. The molecule has 9 heteroatoms. The van der Waals surface area contributed by atoms with Gasteiger partial charge < -0.3 is 16.0 Å². The minimum atomic E-state index is -0.0965. The molecule has 1 aromatic carbocycles. The van der Waals surface area contributed by atoms with Gasteiger partial charge in [-0.05, 0) is 75.5 Å². The molecule has 8 nitrogen and oxygen atoms in total. The molecule has 1 unspecified atom stereocenters. The Morgan fingerprint density at radius 2 is 1.89 bits per heavy atom. The predicted octanol–water partition coefficient (Wildman–Crippen LogP) is 3.39. The number of guanidine groups is 1. The molecular weight excluding hydrogens is 474 g/mol. The smallest absolute Gasteiger partial charge is 0.255 e.